The van der Waals surface area contributed by atoms with E-state index in [0.29, 0.717) is 0 Å². The summed E-state index contributed by atoms with van der Waals surface area (Å²) in [6.07, 6.45) is 5.05. The first-order chi connectivity index (χ1) is 5.31. The Balaban J connectivity index is 2.89. The second kappa shape index (κ2) is 8.06. The molecule has 0 radical (unpaired) electrons. The Kier molecular flexibility index (Phi) is 8.03. The van der Waals surface area contributed by atoms with Crippen molar-refractivity contribution in [3.8, 4) is 0 Å². The fourth-order valence-corrected chi connectivity index (χ4v) is 0.856. The number of rotatable bonds is 7. The Morgan fingerprint density at radius 2 is 1.91 bits per heavy atom. The predicted molar refractivity (Wildman–Crippen MR) is 49.8 cm³/mol. The molecule has 1 nitrogen and oxygen atoms in total. The van der Waals surface area contributed by atoms with E-state index in [2.05, 4.69) is 20.8 Å². The second-order valence-corrected chi connectivity index (χ2v) is 3.30. The van der Waals surface area contributed by atoms with Crippen molar-refractivity contribution >= 4 is 0 Å². The van der Waals surface area contributed by atoms with E-state index in [4.69, 9.17) is 4.74 Å². The van der Waals surface area contributed by atoms with Gasteiger partial charge in [0.1, 0.15) is 0 Å². The number of unbranched alkanes of at least 4 members (excludes halogenated alkanes) is 2. The van der Waals surface area contributed by atoms with Crippen molar-refractivity contribution in [1.29, 1.82) is 0 Å². The lowest BCUT2D eigenvalue weighted by atomic mass is 10.1. The van der Waals surface area contributed by atoms with E-state index in [-0.39, 0.29) is 0 Å². The first-order valence-corrected chi connectivity index (χ1v) is 4.89. The summed E-state index contributed by atoms with van der Waals surface area (Å²) in [7, 11) is 0. The van der Waals surface area contributed by atoms with Gasteiger partial charge < -0.3 is 4.74 Å². The van der Waals surface area contributed by atoms with Gasteiger partial charge in [0.25, 0.3) is 0 Å². The van der Waals surface area contributed by atoms with E-state index in [0.717, 1.165) is 19.1 Å². The third kappa shape index (κ3) is 7.86. The fourth-order valence-electron chi connectivity index (χ4n) is 0.856. The summed E-state index contributed by atoms with van der Waals surface area (Å²) >= 11 is 0. The number of hydrogen-bond donors (Lipinski definition) is 0. The summed E-state index contributed by atoms with van der Waals surface area (Å²) < 4.78 is 5.49. The molecule has 0 spiro atoms. The Morgan fingerprint density at radius 1 is 1.18 bits per heavy atom. The molecule has 0 N–H and O–H groups in total. The van der Waals surface area contributed by atoms with Gasteiger partial charge in [-0.25, -0.2) is 0 Å². The van der Waals surface area contributed by atoms with Gasteiger partial charge in [-0.15, -0.1) is 0 Å². The van der Waals surface area contributed by atoms with Crippen molar-refractivity contribution in [2.24, 2.45) is 5.92 Å². The molecule has 0 aliphatic carbocycles. The van der Waals surface area contributed by atoms with Crippen molar-refractivity contribution in [1.82, 2.24) is 0 Å². The molecule has 0 aromatic heterocycles. The third-order valence-corrected chi connectivity index (χ3v) is 1.99. The van der Waals surface area contributed by atoms with Crippen molar-refractivity contribution in [3.63, 3.8) is 0 Å². The van der Waals surface area contributed by atoms with Crippen LogP contribution in [0.15, 0.2) is 0 Å². The standard InChI is InChI=1S/C10H22O/c1-4-6-7-8-11-9-10(3)5-2/h10H,4-9H2,1-3H3. The number of ether oxygens (including phenoxy) is 1. The molecule has 0 saturated heterocycles. The summed E-state index contributed by atoms with van der Waals surface area (Å²) in [5, 5.41) is 0. The first kappa shape index (κ1) is 11.0. The lowest BCUT2D eigenvalue weighted by Gasteiger charge is -2.08. The van der Waals surface area contributed by atoms with Gasteiger partial charge in [0.2, 0.25) is 0 Å². The maximum Gasteiger partial charge on any atom is 0.0491 e. The van der Waals surface area contributed by atoms with Gasteiger partial charge in [0.05, 0.1) is 0 Å². The molecule has 11 heavy (non-hydrogen) atoms. The second-order valence-electron chi connectivity index (χ2n) is 3.30. The predicted octanol–water partition coefficient (Wildman–Crippen LogP) is 3.24. The minimum Gasteiger partial charge on any atom is -0.381 e. The van der Waals surface area contributed by atoms with E-state index >= 15 is 0 Å². The smallest absolute Gasteiger partial charge is 0.0491 e. The SMILES string of the molecule is CCCCCOCC(C)CC. The van der Waals surface area contributed by atoms with Crippen LogP contribution in [0.2, 0.25) is 0 Å². The molecule has 0 bridgehead atoms. The molecule has 0 fully saturated rings. The monoisotopic (exact) mass is 158 g/mol. The van der Waals surface area contributed by atoms with Gasteiger partial charge in [0, 0.05) is 13.2 Å². The molecule has 0 rings (SSSR count). The molecule has 0 heterocycles. The van der Waals surface area contributed by atoms with Crippen molar-refractivity contribution in [2.45, 2.75) is 46.5 Å². The van der Waals surface area contributed by atoms with Crippen LogP contribution in [0.25, 0.3) is 0 Å². The fraction of sp³-hybridized carbons (Fsp3) is 1.00. The maximum absolute atomic E-state index is 5.49. The average molecular weight is 158 g/mol. The van der Waals surface area contributed by atoms with Gasteiger partial charge >= 0.3 is 0 Å². The molecule has 0 amide bonds. The van der Waals surface area contributed by atoms with Gasteiger partial charge in [-0.1, -0.05) is 40.0 Å². The lowest BCUT2D eigenvalue weighted by molar-refractivity contribution is 0.100. The molecule has 0 aromatic rings. The summed E-state index contributed by atoms with van der Waals surface area (Å²) in [5.74, 6) is 0.733. The molecular weight excluding hydrogens is 136 g/mol. The van der Waals surface area contributed by atoms with Crippen LogP contribution in [0.4, 0.5) is 0 Å². The van der Waals surface area contributed by atoms with Crippen LogP contribution >= 0.6 is 0 Å². The van der Waals surface area contributed by atoms with Crippen LogP contribution in [-0.4, -0.2) is 13.2 Å². The van der Waals surface area contributed by atoms with Crippen molar-refractivity contribution in [2.75, 3.05) is 13.2 Å². The van der Waals surface area contributed by atoms with E-state index in [1.54, 1.807) is 0 Å². The lowest BCUT2D eigenvalue weighted by Crippen LogP contribution is -2.05. The maximum atomic E-state index is 5.49. The summed E-state index contributed by atoms with van der Waals surface area (Å²) in [5.41, 5.74) is 0. The van der Waals surface area contributed by atoms with Crippen molar-refractivity contribution in [3.05, 3.63) is 0 Å². The van der Waals surface area contributed by atoms with E-state index in [1.165, 1.54) is 25.7 Å². The Labute approximate surface area is 71.1 Å². The average Bonchev–Trinajstić information content (AvgIpc) is 2.04. The molecule has 0 saturated carbocycles. The molecule has 1 atom stereocenters. The van der Waals surface area contributed by atoms with Gasteiger partial charge in [-0.3, -0.25) is 0 Å². The van der Waals surface area contributed by atoms with Crippen molar-refractivity contribution < 1.29 is 4.74 Å². The third-order valence-electron chi connectivity index (χ3n) is 1.99. The van der Waals surface area contributed by atoms with Crippen LogP contribution in [0, 0.1) is 5.92 Å². The van der Waals surface area contributed by atoms with E-state index in [9.17, 15) is 0 Å². The van der Waals surface area contributed by atoms with Gasteiger partial charge in [-0.05, 0) is 12.3 Å². The quantitative estimate of drug-likeness (QED) is 0.517. The first-order valence-electron chi connectivity index (χ1n) is 4.89. The molecule has 1 unspecified atom stereocenters. The topological polar surface area (TPSA) is 9.23 Å². The van der Waals surface area contributed by atoms with Crippen LogP contribution in [-0.2, 0) is 4.74 Å². The van der Waals surface area contributed by atoms with Crippen LogP contribution in [0.3, 0.4) is 0 Å². The summed E-state index contributed by atoms with van der Waals surface area (Å²) in [4.78, 5) is 0. The highest BCUT2D eigenvalue weighted by Crippen LogP contribution is 2.01. The van der Waals surface area contributed by atoms with Gasteiger partial charge in [0.15, 0.2) is 0 Å². The molecule has 0 aliphatic rings. The molecular formula is C10H22O. The molecule has 1 heteroatoms. The molecule has 0 aliphatic heterocycles. The van der Waals surface area contributed by atoms with Crippen LogP contribution in [0.1, 0.15) is 46.5 Å². The highest BCUT2D eigenvalue weighted by Gasteiger charge is 1.96. The molecule has 0 aromatic carbocycles. The highest BCUT2D eigenvalue weighted by molar-refractivity contribution is 4.46. The van der Waals surface area contributed by atoms with Crippen LogP contribution < -0.4 is 0 Å². The zero-order chi connectivity index (χ0) is 8.53. The minimum absolute atomic E-state index is 0.733. The Morgan fingerprint density at radius 3 is 2.45 bits per heavy atom. The molecule has 68 valence electrons. The van der Waals surface area contributed by atoms with Crippen LogP contribution in [0.5, 0.6) is 0 Å². The van der Waals surface area contributed by atoms with E-state index in [1.807, 2.05) is 0 Å². The number of hydrogen-bond acceptors (Lipinski definition) is 1. The minimum atomic E-state index is 0.733. The zero-order valence-corrected chi connectivity index (χ0v) is 8.23. The van der Waals surface area contributed by atoms with Gasteiger partial charge in [-0.2, -0.15) is 0 Å². The normalized spacial score (nSPS) is 13.4. The summed E-state index contributed by atoms with van der Waals surface area (Å²) in [6.45, 7) is 8.56. The highest BCUT2D eigenvalue weighted by atomic mass is 16.5. The summed E-state index contributed by atoms with van der Waals surface area (Å²) in [6, 6.07) is 0. The Bertz CT molecular complexity index is 71.3. The Hall–Kier alpha value is -0.0400. The zero-order valence-electron chi connectivity index (χ0n) is 8.23. The van der Waals surface area contributed by atoms with E-state index < -0.39 is 0 Å². The largest absolute Gasteiger partial charge is 0.381 e.